The number of hydrogen-bond acceptors (Lipinski definition) is 3. The Bertz CT molecular complexity index is 854. The van der Waals surface area contributed by atoms with Gasteiger partial charge in [0.05, 0.1) is 18.1 Å². The normalized spacial score (nSPS) is 32.8. The molecular formula is C21H19F2NO2. The Morgan fingerprint density at radius 3 is 2.23 bits per heavy atom. The molecule has 1 N–H and O–H groups in total. The van der Waals surface area contributed by atoms with Gasteiger partial charge in [-0.15, -0.1) is 0 Å². The Labute approximate surface area is 150 Å². The lowest BCUT2D eigenvalue weighted by atomic mass is 9.78. The van der Waals surface area contributed by atoms with Crippen molar-refractivity contribution < 1.29 is 18.3 Å². The Hall–Kier alpha value is -2.11. The zero-order chi connectivity index (χ0) is 18.1. The van der Waals surface area contributed by atoms with Crippen molar-refractivity contribution in [2.75, 3.05) is 6.54 Å². The number of ether oxygens (including phenoxy) is 1. The van der Waals surface area contributed by atoms with Crippen LogP contribution in [0, 0.1) is 5.92 Å². The van der Waals surface area contributed by atoms with E-state index in [1.54, 1.807) is 6.92 Å². The average molecular weight is 355 g/mol. The van der Waals surface area contributed by atoms with Gasteiger partial charge in [-0.25, -0.2) is 8.78 Å². The first-order chi connectivity index (χ1) is 12.5. The van der Waals surface area contributed by atoms with Crippen LogP contribution in [0.1, 0.15) is 24.0 Å². The van der Waals surface area contributed by atoms with E-state index in [1.807, 2.05) is 48.5 Å². The van der Waals surface area contributed by atoms with Gasteiger partial charge in [0.1, 0.15) is 5.60 Å². The van der Waals surface area contributed by atoms with Crippen LogP contribution in [0.5, 0.6) is 0 Å². The van der Waals surface area contributed by atoms with E-state index in [-0.39, 0.29) is 18.2 Å². The molecule has 1 unspecified atom stereocenters. The van der Waals surface area contributed by atoms with Crippen LogP contribution in [0.25, 0.3) is 11.1 Å². The number of Topliss-reactive ketones (excluding diaryl/α,β-unsaturated/α-hetero) is 1. The molecule has 5 heteroatoms. The van der Waals surface area contributed by atoms with Gasteiger partial charge in [0.25, 0.3) is 0 Å². The second-order valence-corrected chi connectivity index (χ2v) is 7.55. The number of fused-ring (bicyclic) bond motifs is 4. The molecule has 2 heterocycles. The zero-order valence-corrected chi connectivity index (χ0v) is 14.3. The highest BCUT2D eigenvalue weighted by atomic mass is 19.3. The summed E-state index contributed by atoms with van der Waals surface area (Å²) in [7, 11) is 0. The van der Waals surface area contributed by atoms with Crippen molar-refractivity contribution in [1.82, 2.24) is 5.32 Å². The van der Waals surface area contributed by atoms with Crippen LogP contribution >= 0.6 is 0 Å². The van der Waals surface area contributed by atoms with Crippen molar-refractivity contribution in [2.45, 2.75) is 37.0 Å². The second-order valence-electron chi connectivity index (χ2n) is 7.55. The van der Waals surface area contributed by atoms with Crippen molar-refractivity contribution in [3.8, 4) is 11.1 Å². The minimum Gasteiger partial charge on any atom is -0.361 e. The third-order valence-corrected chi connectivity index (χ3v) is 6.18. The smallest absolute Gasteiger partial charge is 0.245 e. The summed E-state index contributed by atoms with van der Waals surface area (Å²) in [4.78, 5) is 13.3. The summed E-state index contributed by atoms with van der Waals surface area (Å²) in [5.74, 6) is -1.35. The molecule has 1 aliphatic carbocycles. The third-order valence-electron chi connectivity index (χ3n) is 6.18. The van der Waals surface area contributed by atoms with E-state index in [0.717, 1.165) is 22.3 Å². The number of nitrogens with one attached hydrogen (secondary N) is 1. The highest BCUT2D eigenvalue weighted by molar-refractivity contribution is 5.98. The maximum atomic E-state index is 13.4. The van der Waals surface area contributed by atoms with Gasteiger partial charge in [0.15, 0.2) is 5.78 Å². The summed E-state index contributed by atoms with van der Waals surface area (Å²) >= 11 is 0. The van der Waals surface area contributed by atoms with Crippen molar-refractivity contribution in [2.24, 2.45) is 5.92 Å². The van der Waals surface area contributed by atoms with Crippen molar-refractivity contribution in [3.63, 3.8) is 0 Å². The van der Waals surface area contributed by atoms with Crippen LogP contribution < -0.4 is 5.32 Å². The molecule has 2 saturated heterocycles. The minimum absolute atomic E-state index is 0.118. The zero-order valence-electron chi connectivity index (χ0n) is 14.3. The van der Waals surface area contributed by atoms with Crippen molar-refractivity contribution in [1.29, 1.82) is 0 Å². The molecule has 2 aromatic carbocycles. The number of hydrogen-bond donors (Lipinski definition) is 1. The minimum atomic E-state index is -2.50. The fourth-order valence-electron chi connectivity index (χ4n) is 4.98. The molecule has 0 bridgehead atoms. The standard InChI is InChI=1S/C21H19F2NO2/c1-21(19(25)17-18(26-21)15(10-24-17)20(22)23)16-13-8-4-2-6-11(13)12-7-3-5-9-14(12)16/h2-9,15-18,20,24H,10H2,1H3/t15-,17+,18-,21?/m1/s1. The molecule has 3 nitrogen and oxygen atoms in total. The lowest BCUT2D eigenvalue weighted by Crippen LogP contribution is -2.45. The van der Waals surface area contributed by atoms with E-state index in [2.05, 4.69) is 5.32 Å². The SMILES string of the molecule is CC1(C2c3ccccc3-c3ccccc32)O[C@H]2[C@H](NC[C@H]2C(F)F)C1=O. The summed E-state index contributed by atoms with van der Waals surface area (Å²) in [5.41, 5.74) is 3.07. The number of carbonyl (C=O) groups is 1. The number of ketones is 1. The van der Waals surface area contributed by atoms with E-state index >= 15 is 0 Å². The molecule has 2 aliphatic heterocycles. The quantitative estimate of drug-likeness (QED) is 0.898. The monoisotopic (exact) mass is 355 g/mol. The van der Waals surface area contributed by atoms with E-state index in [4.69, 9.17) is 4.74 Å². The average Bonchev–Trinajstić information content (AvgIpc) is 3.26. The maximum absolute atomic E-state index is 13.4. The molecule has 5 rings (SSSR count). The Kier molecular flexibility index (Phi) is 3.37. The maximum Gasteiger partial charge on any atom is 0.245 e. The van der Waals surface area contributed by atoms with E-state index in [1.165, 1.54) is 0 Å². The Balaban J connectivity index is 1.63. The van der Waals surface area contributed by atoms with Gasteiger partial charge in [-0.3, -0.25) is 4.79 Å². The first-order valence-electron chi connectivity index (χ1n) is 8.94. The predicted molar refractivity (Wildman–Crippen MR) is 93.3 cm³/mol. The first-order valence-corrected chi connectivity index (χ1v) is 8.94. The van der Waals surface area contributed by atoms with Gasteiger partial charge < -0.3 is 10.1 Å². The number of rotatable bonds is 2. The molecule has 26 heavy (non-hydrogen) atoms. The van der Waals surface area contributed by atoms with Crippen molar-refractivity contribution >= 4 is 5.78 Å². The molecule has 4 atom stereocenters. The van der Waals surface area contributed by atoms with E-state index < -0.39 is 30.1 Å². The summed E-state index contributed by atoms with van der Waals surface area (Å²) in [6.07, 6.45) is -3.27. The Morgan fingerprint density at radius 1 is 1.08 bits per heavy atom. The second kappa shape index (κ2) is 5.44. The summed E-state index contributed by atoms with van der Waals surface area (Å²) < 4.78 is 32.9. The fraction of sp³-hybridized carbons (Fsp3) is 0.381. The first kappa shape index (κ1) is 16.1. The Morgan fingerprint density at radius 2 is 1.65 bits per heavy atom. The topological polar surface area (TPSA) is 38.3 Å². The largest absolute Gasteiger partial charge is 0.361 e. The van der Waals surface area contributed by atoms with Crippen molar-refractivity contribution in [3.05, 3.63) is 59.7 Å². The van der Waals surface area contributed by atoms with Gasteiger partial charge in [0, 0.05) is 12.5 Å². The van der Waals surface area contributed by atoms with Crippen LogP contribution in [0.3, 0.4) is 0 Å². The fourth-order valence-corrected chi connectivity index (χ4v) is 4.98. The van der Waals surface area contributed by atoms with Crippen LogP contribution in [-0.4, -0.2) is 36.5 Å². The molecule has 0 saturated carbocycles. The molecule has 134 valence electrons. The lowest BCUT2D eigenvalue weighted by Gasteiger charge is -2.32. The number of benzene rings is 2. The molecule has 0 radical (unpaired) electrons. The molecule has 2 fully saturated rings. The van der Waals surface area contributed by atoms with Crippen LogP contribution in [0.4, 0.5) is 8.78 Å². The summed E-state index contributed by atoms with van der Waals surface area (Å²) in [6, 6.07) is 15.3. The summed E-state index contributed by atoms with van der Waals surface area (Å²) in [6.45, 7) is 1.88. The van der Waals surface area contributed by atoms with E-state index in [0.29, 0.717) is 0 Å². The molecule has 2 aromatic rings. The number of alkyl halides is 2. The van der Waals surface area contributed by atoms with Gasteiger partial charge in [0.2, 0.25) is 6.43 Å². The molecule has 0 aromatic heterocycles. The molecule has 0 amide bonds. The number of carbonyl (C=O) groups excluding carboxylic acids is 1. The van der Waals surface area contributed by atoms with Gasteiger partial charge in [-0.1, -0.05) is 48.5 Å². The predicted octanol–water partition coefficient (Wildman–Crippen LogP) is 3.38. The molecule has 3 aliphatic rings. The van der Waals surface area contributed by atoms with Gasteiger partial charge >= 0.3 is 0 Å². The highest BCUT2D eigenvalue weighted by Crippen LogP contribution is 2.54. The van der Waals surface area contributed by atoms with Gasteiger partial charge in [-0.2, -0.15) is 0 Å². The summed E-state index contributed by atoms with van der Waals surface area (Å²) in [5, 5.41) is 2.97. The highest BCUT2D eigenvalue weighted by Gasteiger charge is 2.62. The number of halogens is 2. The molecular weight excluding hydrogens is 336 g/mol. The third kappa shape index (κ3) is 1.96. The van der Waals surface area contributed by atoms with Crippen LogP contribution in [-0.2, 0) is 9.53 Å². The van der Waals surface area contributed by atoms with E-state index in [9.17, 15) is 13.6 Å². The van der Waals surface area contributed by atoms with Crippen LogP contribution in [0.2, 0.25) is 0 Å². The van der Waals surface area contributed by atoms with Gasteiger partial charge in [-0.05, 0) is 29.2 Å². The van der Waals surface area contributed by atoms with Crippen LogP contribution in [0.15, 0.2) is 48.5 Å². The lowest BCUT2D eigenvalue weighted by molar-refractivity contribution is -0.137. The molecule has 0 spiro atoms.